The van der Waals surface area contributed by atoms with Crippen LogP contribution in [-0.4, -0.2) is 17.7 Å². The minimum absolute atomic E-state index is 0.220. The first-order valence-corrected chi connectivity index (χ1v) is 3.32. The van der Waals surface area contributed by atoms with Gasteiger partial charge in [-0.25, -0.2) is 4.79 Å². The fraction of sp³-hybridized carbons (Fsp3) is 0.375. The maximum atomic E-state index is 10.2. The summed E-state index contributed by atoms with van der Waals surface area (Å²) in [6.07, 6.45) is 2.46. The highest BCUT2D eigenvalue weighted by atomic mass is 16.5. The molecule has 0 aromatic heterocycles. The molecule has 0 bridgehead atoms. The maximum absolute atomic E-state index is 10.2. The molecule has 0 aliphatic carbocycles. The van der Waals surface area contributed by atoms with Gasteiger partial charge in [0.1, 0.15) is 0 Å². The minimum atomic E-state index is -0.941. The third kappa shape index (κ3) is 5.21. The van der Waals surface area contributed by atoms with Crippen molar-refractivity contribution in [2.75, 3.05) is 6.61 Å². The van der Waals surface area contributed by atoms with E-state index in [9.17, 15) is 4.79 Å². The van der Waals surface area contributed by atoms with Gasteiger partial charge in [0.05, 0.1) is 12.9 Å². The maximum Gasteiger partial charge on any atom is 0.330 e. The monoisotopic (exact) mass is 156 g/mol. The molecule has 1 N–H and O–H groups in total. The van der Waals surface area contributed by atoms with E-state index in [1.165, 1.54) is 6.26 Å². The molecular formula is C8H12O3. The van der Waals surface area contributed by atoms with E-state index >= 15 is 0 Å². The molecule has 0 saturated carbocycles. The van der Waals surface area contributed by atoms with E-state index in [4.69, 9.17) is 9.84 Å². The summed E-state index contributed by atoms with van der Waals surface area (Å²) in [7, 11) is 0. The Balaban J connectivity index is 3.31. The van der Waals surface area contributed by atoms with Crippen LogP contribution in [-0.2, 0) is 9.53 Å². The molecule has 3 nitrogen and oxygen atoms in total. The lowest BCUT2D eigenvalue weighted by atomic mass is 10.2. The van der Waals surface area contributed by atoms with Crippen molar-refractivity contribution in [3.63, 3.8) is 0 Å². The lowest BCUT2D eigenvalue weighted by Crippen LogP contribution is -2.00. The van der Waals surface area contributed by atoms with Gasteiger partial charge in [-0.3, -0.25) is 0 Å². The molecule has 0 atom stereocenters. The fourth-order valence-corrected chi connectivity index (χ4v) is 0.559. The quantitative estimate of drug-likeness (QED) is 0.360. The van der Waals surface area contributed by atoms with Crippen LogP contribution < -0.4 is 0 Å². The Morgan fingerprint density at radius 2 is 2.27 bits per heavy atom. The van der Waals surface area contributed by atoms with Crippen LogP contribution in [0.4, 0.5) is 0 Å². The molecule has 3 heteroatoms. The van der Waals surface area contributed by atoms with Gasteiger partial charge in [-0.1, -0.05) is 13.2 Å². The van der Waals surface area contributed by atoms with Gasteiger partial charge >= 0.3 is 5.97 Å². The van der Waals surface area contributed by atoms with Gasteiger partial charge in [-0.05, 0) is 12.8 Å². The number of carboxylic acid groups (broad SMARTS) is 1. The highest BCUT2D eigenvalue weighted by Crippen LogP contribution is 2.01. The Morgan fingerprint density at radius 3 is 2.73 bits per heavy atom. The summed E-state index contributed by atoms with van der Waals surface area (Å²) in [6.45, 7) is 7.22. The molecule has 11 heavy (non-hydrogen) atoms. The summed E-state index contributed by atoms with van der Waals surface area (Å²) < 4.78 is 4.79. The van der Waals surface area contributed by atoms with Crippen molar-refractivity contribution >= 4 is 5.97 Å². The Kier molecular flexibility index (Phi) is 4.90. The molecule has 0 rings (SSSR count). The van der Waals surface area contributed by atoms with Gasteiger partial charge in [0.2, 0.25) is 0 Å². The smallest absolute Gasteiger partial charge is 0.330 e. The Bertz CT molecular complexity index is 161. The summed E-state index contributed by atoms with van der Waals surface area (Å²) in [5.74, 6) is -0.941. The third-order valence-electron chi connectivity index (χ3n) is 1.16. The van der Waals surface area contributed by atoms with Gasteiger partial charge in [0, 0.05) is 5.57 Å². The van der Waals surface area contributed by atoms with Gasteiger partial charge in [-0.15, -0.1) is 0 Å². The van der Waals surface area contributed by atoms with Crippen LogP contribution in [0.5, 0.6) is 0 Å². The topological polar surface area (TPSA) is 46.5 Å². The predicted octanol–water partition coefficient (Wildman–Crippen LogP) is 1.57. The molecule has 0 aliphatic heterocycles. The highest BCUT2D eigenvalue weighted by Gasteiger charge is 2.01. The standard InChI is InChI=1S/C8H12O3/c1-3-11-6-4-5-7(2)8(9)10/h3H,1-2,4-6H2,(H,9,10). The molecule has 0 aromatic rings. The van der Waals surface area contributed by atoms with E-state index in [0.717, 1.165) is 0 Å². The number of aliphatic carboxylic acids is 1. The van der Waals surface area contributed by atoms with Crippen molar-refractivity contribution in [2.24, 2.45) is 0 Å². The number of carboxylic acids is 1. The van der Waals surface area contributed by atoms with Crippen LogP contribution >= 0.6 is 0 Å². The van der Waals surface area contributed by atoms with Crippen molar-refractivity contribution in [1.82, 2.24) is 0 Å². The molecule has 0 radical (unpaired) electrons. The van der Waals surface area contributed by atoms with Crippen LogP contribution in [0.15, 0.2) is 25.0 Å². The van der Waals surface area contributed by atoms with Crippen LogP contribution in [0.3, 0.4) is 0 Å². The summed E-state index contributed by atoms with van der Waals surface area (Å²) in [4.78, 5) is 10.2. The average molecular weight is 156 g/mol. The van der Waals surface area contributed by atoms with Crippen LogP contribution in [0, 0.1) is 0 Å². The molecule has 0 spiro atoms. The SMILES string of the molecule is C=COCCCC(=C)C(=O)O. The van der Waals surface area contributed by atoms with Crippen molar-refractivity contribution in [3.05, 3.63) is 25.0 Å². The first-order valence-electron chi connectivity index (χ1n) is 3.32. The van der Waals surface area contributed by atoms with E-state index in [0.29, 0.717) is 19.4 Å². The first-order chi connectivity index (χ1) is 5.18. The third-order valence-corrected chi connectivity index (χ3v) is 1.16. The summed E-state index contributed by atoms with van der Waals surface area (Å²) in [5, 5.41) is 8.38. The second-order valence-corrected chi connectivity index (χ2v) is 2.05. The number of hydrogen-bond acceptors (Lipinski definition) is 2. The highest BCUT2D eigenvalue weighted by molar-refractivity contribution is 5.85. The summed E-state index contributed by atoms with van der Waals surface area (Å²) in [5.41, 5.74) is 0.220. The zero-order valence-electron chi connectivity index (χ0n) is 6.38. The minimum Gasteiger partial charge on any atom is -0.502 e. The zero-order valence-corrected chi connectivity index (χ0v) is 6.38. The first kappa shape index (κ1) is 9.75. The van der Waals surface area contributed by atoms with Crippen LogP contribution in [0.25, 0.3) is 0 Å². The van der Waals surface area contributed by atoms with Gasteiger partial charge in [-0.2, -0.15) is 0 Å². The Hall–Kier alpha value is -1.25. The Morgan fingerprint density at radius 1 is 1.64 bits per heavy atom. The van der Waals surface area contributed by atoms with E-state index in [-0.39, 0.29) is 5.57 Å². The molecule has 0 unspecified atom stereocenters. The van der Waals surface area contributed by atoms with Crippen molar-refractivity contribution in [3.8, 4) is 0 Å². The molecular weight excluding hydrogens is 144 g/mol. The summed E-state index contributed by atoms with van der Waals surface area (Å²) in [6, 6.07) is 0. The number of hydrogen-bond donors (Lipinski definition) is 1. The van der Waals surface area contributed by atoms with E-state index in [1.54, 1.807) is 0 Å². The number of carbonyl (C=O) groups is 1. The van der Waals surface area contributed by atoms with Crippen molar-refractivity contribution < 1.29 is 14.6 Å². The molecule has 0 heterocycles. The van der Waals surface area contributed by atoms with Gasteiger partial charge < -0.3 is 9.84 Å². The van der Waals surface area contributed by atoms with Crippen LogP contribution in [0.2, 0.25) is 0 Å². The van der Waals surface area contributed by atoms with E-state index in [1.807, 2.05) is 0 Å². The molecule has 0 saturated heterocycles. The molecule has 0 aromatic carbocycles. The summed E-state index contributed by atoms with van der Waals surface area (Å²) >= 11 is 0. The zero-order chi connectivity index (χ0) is 8.69. The lowest BCUT2D eigenvalue weighted by molar-refractivity contribution is -0.132. The second kappa shape index (κ2) is 5.53. The molecule has 0 fully saturated rings. The van der Waals surface area contributed by atoms with Crippen molar-refractivity contribution in [2.45, 2.75) is 12.8 Å². The van der Waals surface area contributed by atoms with Gasteiger partial charge in [0.15, 0.2) is 0 Å². The molecule has 0 amide bonds. The Labute approximate surface area is 66.0 Å². The average Bonchev–Trinajstić information content (AvgIpc) is 1.97. The number of rotatable bonds is 6. The lowest BCUT2D eigenvalue weighted by Gasteiger charge is -1.99. The normalized spacial score (nSPS) is 8.73. The van der Waals surface area contributed by atoms with E-state index in [2.05, 4.69) is 13.2 Å². The molecule has 62 valence electrons. The van der Waals surface area contributed by atoms with E-state index < -0.39 is 5.97 Å². The van der Waals surface area contributed by atoms with Gasteiger partial charge in [0.25, 0.3) is 0 Å². The van der Waals surface area contributed by atoms with Crippen LogP contribution in [0.1, 0.15) is 12.8 Å². The largest absolute Gasteiger partial charge is 0.502 e. The fourth-order valence-electron chi connectivity index (χ4n) is 0.559. The predicted molar refractivity (Wildman–Crippen MR) is 42.2 cm³/mol. The number of ether oxygens (including phenoxy) is 1. The molecule has 0 aliphatic rings. The second-order valence-electron chi connectivity index (χ2n) is 2.05. The van der Waals surface area contributed by atoms with Crippen molar-refractivity contribution in [1.29, 1.82) is 0 Å².